The molecule has 0 unspecified atom stereocenters. The third kappa shape index (κ3) is 6.75. The van der Waals surface area contributed by atoms with E-state index in [2.05, 4.69) is 32.2 Å². The zero-order chi connectivity index (χ0) is 30.0. The second-order valence-corrected chi connectivity index (χ2v) is 12.5. The molecular weight excluding hydrogens is 608 g/mol. The maximum absolute atomic E-state index is 12.0. The first-order valence-corrected chi connectivity index (χ1v) is 15.0. The van der Waals surface area contributed by atoms with Gasteiger partial charge in [0.25, 0.3) is 0 Å². The van der Waals surface area contributed by atoms with Gasteiger partial charge in [0.1, 0.15) is 12.7 Å². The number of thiazole rings is 1. The fourth-order valence-corrected chi connectivity index (χ4v) is 6.95. The molecule has 42 heavy (non-hydrogen) atoms. The summed E-state index contributed by atoms with van der Waals surface area (Å²) >= 11 is 9.59. The van der Waals surface area contributed by atoms with Crippen molar-refractivity contribution in [1.82, 2.24) is 24.5 Å². The van der Waals surface area contributed by atoms with Crippen molar-refractivity contribution in [2.75, 3.05) is 18.5 Å². The van der Waals surface area contributed by atoms with E-state index in [9.17, 15) is 14.4 Å². The summed E-state index contributed by atoms with van der Waals surface area (Å²) in [7, 11) is 0. The Morgan fingerprint density at radius 3 is 2.55 bits per heavy atom. The van der Waals surface area contributed by atoms with Crippen molar-refractivity contribution in [2.45, 2.75) is 61.8 Å². The van der Waals surface area contributed by atoms with Gasteiger partial charge in [-0.25, -0.2) is 9.97 Å². The standard InChI is InChI=1S/C26H27ClN6O7S2/c1-12(41-26-30-16-7-5-6-8-18(16)42-26)9-28-22-19-23(32-25(27)31-22)33(11-29-19)24-21(39-15(4)36)20(38-14(3)35)17(40-24)10-37-13(2)34/h5-8,11-12,17,20-21,24H,9-10H2,1-4H3,(H,28,31,32)/t12-,17+,20+,21+,24+/m0/s1. The predicted molar refractivity (Wildman–Crippen MR) is 155 cm³/mol. The molecule has 0 radical (unpaired) electrons. The Morgan fingerprint density at radius 1 is 1.10 bits per heavy atom. The van der Waals surface area contributed by atoms with Crippen molar-refractivity contribution >= 4 is 79.8 Å². The summed E-state index contributed by atoms with van der Waals surface area (Å²) in [5, 5.41) is 3.37. The minimum absolute atomic E-state index is 0.0479. The maximum Gasteiger partial charge on any atom is 0.303 e. The van der Waals surface area contributed by atoms with Crippen LogP contribution in [0.15, 0.2) is 34.9 Å². The summed E-state index contributed by atoms with van der Waals surface area (Å²) in [5.41, 5.74) is 1.65. The van der Waals surface area contributed by atoms with Crippen LogP contribution < -0.4 is 5.32 Å². The number of benzene rings is 1. The molecule has 0 saturated carbocycles. The minimum atomic E-state index is -1.10. The van der Waals surface area contributed by atoms with Gasteiger partial charge in [-0.2, -0.15) is 9.97 Å². The summed E-state index contributed by atoms with van der Waals surface area (Å²) in [6.07, 6.45) is -2.68. The fraction of sp³-hybridized carbons (Fsp3) is 0.423. The number of aromatic nitrogens is 5. The first kappa shape index (κ1) is 29.9. The van der Waals surface area contributed by atoms with Gasteiger partial charge >= 0.3 is 17.9 Å². The van der Waals surface area contributed by atoms with E-state index in [1.807, 2.05) is 24.3 Å². The number of imidazole rings is 1. The Morgan fingerprint density at radius 2 is 1.83 bits per heavy atom. The van der Waals surface area contributed by atoms with Crippen LogP contribution in [0.3, 0.4) is 0 Å². The highest BCUT2D eigenvalue weighted by molar-refractivity contribution is 8.01. The molecule has 5 atom stereocenters. The lowest BCUT2D eigenvalue weighted by atomic mass is 10.1. The number of nitrogens with one attached hydrogen (secondary N) is 1. The molecule has 1 aromatic carbocycles. The number of anilines is 1. The van der Waals surface area contributed by atoms with E-state index in [0.29, 0.717) is 23.5 Å². The molecule has 1 saturated heterocycles. The van der Waals surface area contributed by atoms with Crippen LogP contribution in [0.25, 0.3) is 21.4 Å². The van der Waals surface area contributed by atoms with Crippen molar-refractivity contribution in [3.8, 4) is 0 Å². The van der Waals surface area contributed by atoms with Crippen molar-refractivity contribution in [3.05, 3.63) is 35.9 Å². The Bertz CT molecular complexity index is 1600. The number of thioether (sulfide) groups is 1. The van der Waals surface area contributed by atoms with E-state index in [-0.39, 0.29) is 17.1 Å². The number of para-hydroxylation sites is 1. The fourth-order valence-electron chi connectivity index (χ4n) is 4.47. The maximum atomic E-state index is 12.0. The molecule has 0 amide bonds. The lowest BCUT2D eigenvalue weighted by Gasteiger charge is -2.23. The zero-order valence-corrected chi connectivity index (χ0v) is 25.4. The smallest absolute Gasteiger partial charge is 0.303 e. The topological polar surface area (TPSA) is 157 Å². The number of esters is 3. The second-order valence-electron chi connectivity index (χ2n) is 9.44. The van der Waals surface area contributed by atoms with E-state index in [1.54, 1.807) is 23.1 Å². The van der Waals surface area contributed by atoms with Crippen molar-refractivity contribution in [1.29, 1.82) is 0 Å². The second kappa shape index (κ2) is 12.8. The van der Waals surface area contributed by atoms with Crippen molar-refractivity contribution < 1.29 is 33.3 Å². The van der Waals surface area contributed by atoms with Crippen LogP contribution >= 0.6 is 34.7 Å². The molecule has 1 aliphatic heterocycles. The number of ether oxygens (including phenoxy) is 4. The quantitative estimate of drug-likeness (QED) is 0.116. The molecule has 0 aliphatic carbocycles. The van der Waals surface area contributed by atoms with Gasteiger partial charge in [0.05, 0.1) is 16.5 Å². The van der Waals surface area contributed by atoms with E-state index >= 15 is 0 Å². The third-order valence-electron chi connectivity index (χ3n) is 6.14. The first-order valence-electron chi connectivity index (χ1n) is 12.9. The number of carbonyl (C=O) groups is 3. The normalized spacial score (nSPS) is 20.9. The molecule has 1 N–H and O–H groups in total. The largest absolute Gasteiger partial charge is 0.463 e. The van der Waals surface area contributed by atoms with Crippen molar-refractivity contribution in [2.24, 2.45) is 0 Å². The number of halogens is 1. The molecule has 4 heterocycles. The average Bonchev–Trinajstić information content (AvgIpc) is 3.61. The Hall–Kier alpha value is -3.53. The number of carbonyl (C=O) groups excluding carboxylic acids is 3. The number of fused-ring (bicyclic) bond motifs is 2. The Kier molecular flexibility index (Phi) is 9.11. The van der Waals surface area contributed by atoms with Gasteiger partial charge in [-0.1, -0.05) is 30.8 Å². The van der Waals surface area contributed by atoms with Gasteiger partial charge in [-0.05, 0) is 23.7 Å². The van der Waals surface area contributed by atoms with Crippen molar-refractivity contribution in [3.63, 3.8) is 0 Å². The summed E-state index contributed by atoms with van der Waals surface area (Å²) in [5.74, 6) is -1.40. The summed E-state index contributed by atoms with van der Waals surface area (Å²) < 4.78 is 25.8. The molecule has 3 aromatic heterocycles. The number of rotatable bonds is 10. The average molecular weight is 635 g/mol. The van der Waals surface area contributed by atoms with Crippen LogP contribution in [0.4, 0.5) is 5.82 Å². The van der Waals surface area contributed by atoms with E-state index < -0.39 is 42.4 Å². The lowest BCUT2D eigenvalue weighted by Crippen LogP contribution is -2.40. The molecule has 4 aromatic rings. The molecule has 13 nitrogen and oxygen atoms in total. The molecule has 1 fully saturated rings. The Balaban J connectivity index is 1.39. The van der Waals surface area contributed by atoms with Crippen LogP contribution in [0.1, 0.15) is 33.9 Å². The molecule has 222 valence electrons. The highest BCUT2D eigenvalue weighted by atomic mass is 35.5. The number of nitrogens with zero attached hydrogens (tertiary/aromatic N) is 5. The predicted octanol–water partition coefficient (Wildman–Crippen LogP) is 4.01. The molecule has 5 rings (SSSR count). The zero-order valence-electron chi connectivity index (χ0n) is 23.0. The SMILES string of the molecule is CC(=O)OC[C@H]1O[C@@H](n2cnc3c(NC[C@H](C)Sc4nc5ccccc5s4)nc(Cl)nc32)[C@H](OC(C)=O)[C@@H]1OC(C)=O. The number of hydrogen-bond donors (Lipinski definition) is 1. The van der Waals surface area contributed by atoms with E-state index in [1.165, 1.54) is 31.7 Å². The summed E-state index contributed by atoms with van der Waals surface area (Å²) in [6, 6.07) is 7.99. The summed E-state index contributed by atoms with van der Waals surface area (Å²) in [4.78, 5) is 53.2. The van der Waals surface area contributed by atoms with E-state index in [0.717, 1.165) is 14.6 Å². The van der Waals surface area contributed by atoms with Gasteiger partial charge in [0, 0.05) is 32.6 Å². The van der Waals surface area contributed by atoms with Gasteiger partial charge in [-0.3, -0.25) is 19.0 Å². The van der Waals surface area contributed by atoms with Crippen LogP contribution in [0.5, 0.6) is 0 Å². The van der Waals surface area contributed by atoms with E-state index in [4.69, 9.17) is 30.5 Å². The van der Waals surface area contributed by atoms with Crippen LogP contribution in [0.2, 0.25) is 5.28 Å². The summed E-state index contributed by atoms with van der Waals surface area (Å²) in [6.45, 7) is 6.03. The number of hydrogen-bond acceptors (Lipinski definition) is 14. The molecular formula is C26H27ClN6O7S2. The molecule has 1 aliphatic rings. The van der Waals surface area contributed by atoms with Crippen LogP contribution in [0, 0.1) is 0 Å². The third-order valence-corrected chi connectivity index (χ3v) is 8.54. The van der Waals surface area contributed by atoms with Crippen LogP contribution in [-0.2, 0) is 33.3 Å². The van der Waals surface area contributed by atoms with Gasteiger partial charge in [-0.15, -0.1) is 11.3 Å². The van der Waals surface area contributed by atoms with Gasteiger partial charge in [0.15, 0.2) is 39.8 Å². The highest BCUT2D eigenvalue weighted by Gasteiger charge is 2.51. The minimum Gasteiger partial charge on any atom is -0.463 e. The van der Waals surface area contributed by atoms with Gasteiger partial charge < -0.3 is 24.3 Å². The van der Waals surface area contributed by atoms with Gasteiger partial charge in [0.2, 0.25) is 5.28 Å². The Labute approximate surface area is 253 Å². The lowest BCUT2D eigenvalue weighted by molar-refractivity contribution is -0.166. The molecule has 0 bridgehead atoms. The highest BCUT2D eigenvalue weighted by Crippen LogP contribution is 2.37. The monoisotopic (exact) mass is 634 g/mol. The molecule has 0 spiro atoms. The van der Waals surface area contributed by atoms with Crippen LogP contribution in [-0.4, -0.2) is 79.1 Å². The first-order chi connectivity index (χ1) is 20.1. The molecule has 16 heteroatoms.